The number of esters is 1. The average Bonchev–Trinajstić information content (AvgIpc) is 2.38. The van der Waals surface area contributed by atoms with Crippen LogP contribution in [0.2, 0.25) is 0 Å². The fourth-order valence-corrected chi connectivity index (χ4v) is 1.39. The Bertz CT molecular complexity index is 452. The molecular formula is C12H14N2O3. The van der Waals surface area contributed by atoms with E-state index in [0.29, 0.717) is 5.56 Å². The zero-order valence-corrected chi connectivity index (χ0v) is 9.47. The van der Waals surface area contributed by atoms with Crippen LogP contribution in [0.25, 0.3) is 5.57 Å². The third kappa shape index (κ3) is 2.92. The summed E-state index contributed by atoms with van der Waals surface area (Å²) in [6.07, 6.45) is 0. The summed E-state index contributed by atoms with van der Waals surface area (Å²) in [5, 5.41) is 0. The van der Waals surface area contributed by atoms with Gasteiger partial charge in [-0.1, -0.05) is 30.3 Å². The first-order chi connectivity index (χ1) is 8.11. The van der Waals surface area contributed by atoms with Gasteiger partial charge in [-0.25, -0.2) is 4.79 Å². The van der Waals surface area contributed by atoms with E-state index in [0.717, 1.165) is 0 Å². The van der Waals surface area contributed by atoms with Crippen LogP contribution in [-0.4, -0.2) is 25.4 Å². The van der Waals surface area contributed by atoms with Crippen molar-refractivity contribution < 1.29 is 14.3 Å². The summed E-state index contributed by atoms with van der Waals surface area (Å²) in [7, 11) is 1.20. The van der Waals surface area contributed by atoms with E-state index in [1.165, 1.54) is 7.11 Å². The number of rotatable bonds is 4. The first-order valence-electron chi connectivity index (χ1n) is 4.98. The normalized spacial score (nSPS) is 11.6. The maximum atomic E-state index is 11.7. The first kappa shape index (κ1) is 12.9. The van der Waals surface area contributed by atoms with Gasteiger partial charge in [0.1, 0.15) is 5.70 Å². The molecule has 1 aromatic rings. The fourth-order valence-electron chi connectivity index (χ4n) is 1.39. The van der Waals surface area contributed by atoms with Crippen molar-refractivity contribution in [1.82, 2.24) is 0 Å². The summed E-state index contributed by atoms with van der Waals surface area (Å²) < 4.78 is 4.49. The Labute approximate surface area is 99.0 Å². The summed E-state index contributed by atoms with van der Waals surface area (Å²) in [5.74, 6) is -1.15. The van der Waals surface area contributed by atoms with E-state index in [9.17, 15) is 9.59 Å². The maximum absolute atomic E-state index is 11.7. The number of hydrogen-bond donors (Lipinski definition) is 2. The highest BCUT2D eigenvalue weighted by Crippen LogP contribution is 2.17. The SMILES string of the molecule is COC(=O)C(N)=C(C(=O)CN)c1ccccc1. The zero-order chi connectivity index (χ0) is 12.8. The van der Waals surface area contributed by atoms with Crippen molar-refractivity contribution in [2.24, 2.45) is 11.5 Å². The maximum Gasteiger partial charge on any atom is 0.354 e. The second-order valence-corrected chi connectivity index (χ2v) is 3.27. The van der Waals surface area contributed by atoms with E-state index in [4.69, 9.17) is 11.5 Å². The van der Waals surface area contributed by atoms with Crippen molar-refractivity contribution in [2.75, 3.05) is 13.7 Å². The third-order valence-electron chi connectivity index (χ3n) is 2.20. The van der Waals surface area contributed by atoms with E-state index in [1.807, 2.05) is 0 Å². The van der Waals surface area contributed by atoms with Gasteiger partial charge in [0.05, 0.1) is 19.2 Å². The minimum absolute atomic E-state index is 0.0972. The van der Waals surface area contributed by atoms with Gasteiger partial charge in [0, 0.05) is 0 Å². The molecule has 0 atom stereocenters. The molecule has 5 nitrogen and oxygen atoms in total. The smallest absolute Gasteiger partial charge is 0.354 e. The number of carbonyl (C=O) groups is 2. The van der Waals surface area contributed by atoms with Crippen LogP contribution in [-0.2, 0) is 14.3 Å². The average molecular weight is 234 g/mol. The molecule has 1 aromatic carbocycles. The van der Waals surface area contributed by atoms with Gasteiger partial charge in [0.2, 0.25) is 0 Å². The lowest BCUT2D eigenvalue weighted by Crippen LogP contribution is -2.23. The molecule has 0 amide bonds. The molecule has 0 spiro atoms. The molecule has 0 heterocycles. The molecule has 5 heteroatoms. The Balaban J connectivity index is 3.32. The van der Waals surface area contributed by atoms with Crippen molar-refractivity contribution in [3.63, 3.8) is 0 Å². The Morgan fingerprint density at radius 2 is 1.82 bits per heavy atom. The Hall–Kier alpha value is -2.14. The van der Waals surface area contributed by atoms with Gasteiger partial charge in [0.25, 0.3) is 0 Å². The third-order valence-corrected chi connectivity index (χ3v) is 2.20. The van der Waals surface area contributed by atoms with E-state index in [1.54, 1.807) is 30.3 Å². The van der Waals surface area contributed by atoms with Crippen LogP contribution in [0.15, 0.2) is 36.0 Å². The minimum Gasteiger partial charge on any atom is -0.464 e. The van der Waals surface area contributed by atoms with Crippen molar-refractivity contribution in [2.45, 2.75) is 0 Å². The molecule has 0 unspecified atom stereocenters. The number of hydrogen-bond acceptors (Lipinski definition) is 5. The fraction of sp³-hybridized carbons (Fsp3) is 0.167. The lowest BCUT2D eigenvalue weighted by Gasteiger charge is -2.09. The summed E-state index contributed by atoms with van der Waals surface area (Å²) in [6, 6.07) is 8.63. The molecule has 0 bridgehead atoms. The summed E-state index contributed by atoms with van der Waals surface area (Å²) in [6.45, 7) is -0.220. The Morgan fingerprint density at radius 3 is 2.29 bits per heavy atom. The highest BCUT2D eigenvalue weighted by Gasteiger charge is 2.19. The predicted octanol–water partition coefficient (Wildman–Crippen LogP) is 0.0572. The molecule has 0 aliphatic carbocycles. The number of ketones is 1. The highest BCUT2D eigenvalue weighted by atomic mass is 16.5. The molecule has 4 N–H and O–H groups in total. The number of benzene rings is 1. The Kier molecular flexibility index (Phi) is 4.42. The molecule has 0 fully saturated rings. The predicted molar refractivity (Wildman–Crippen MR) is 63.6 cm³/mol. The zero-order valence-electron chi connectivity index (χ0n) is 9.47. The van der Waals surface area contributed by atoms with Crippen molar-refractivity contribution >= 4 is 17.3 Å². The van der Waals surface area contributed by atoms with E-state index >= 15 is 0 Å². The minimum atomic E-state index is -0.745. The van der Waals surface area contributed by atoms with Gasteiger partial charge in [-0.3, -0.25) is 4.79 Å². The second-order valence-electron chi connectivity index (χ2n) is 3.27. The first-order valence-corrected chi connectivity index (χ1v) is 4.98. The van der Waals surface area contributed by atoms with Gasteiger partial charge in [-0.05, 0) is 5.56 Å². The van der Waals surface area contributed by atoms with E-state index in [2.05, 4.69) is 4.74 Å². The molecule has 0 aliphatic rings. The molecule has 0 saturated carbocycles. The van der Waals surface area contributed by atoms with Crippen LogP contribution in [0.4, 0.5) is 0 Å². The highest BCUT2D eigenvalue weighted by molar-refractivity contribution is 6.26. The van der Waals surface area contributed by atoms with Crippen LogP contribution < -0.4 is 11.5 Å². The summed E-state index contributed by atoms with van der Waals surface area (Å²) >= 11 is 0. The van der Waals surface area contributed by atoms with Crippen LogP contribution >= 0.6 is 0 Å². The number of methoxy groups -OCH3 is 1. The lowest BCUT2D eigenvalue weighted by molar-refractivity contribution is -0.136. The quantitative estimate of drug-likeness (QED) is 0.567. The standard InChI is InChI=1S/C12H14N2O3/c1-17-12(16)11(14)10(9(15)7-13)8-5-3-2-4-6-8/h2-6H,7,13-14H2,1H3. The number of carbonyl (C=O) groups excluding carboxylic acids is 2. The topological polar surface area (TPSA) is 95.4 Å². The number of nitrogens with two attached hydrogens (primary N) is 2. The molecule has 0 saturated heterocycles. The van der Waals surface area contributed by atoms with Gasteiger partial charge in [-0.2, -0.15) is 0 Å². The van der Waals surface area contributed by atoms with Crippen LogP contribution in [0, 0.1) is 0 Å². The summed E-state index contributed by atoms with van der Waals surface area (Å²) in [5.41, 5.74) is 11.3. The van der Waals surface area contributed by atoms with E-state index < -0.39 is 11.8 Å². The molecule has 0 aromatic heterocycles. The number of Topliss-reactive ketones (excluding diaryl/α,β-unsaturated/α-hetero) is 1. The van der Waals surface area contributed by atoms with Crippen LogP contribution in [0.5, 0.6) is 0 Å². The van der Waals surface area contributed by atoms with Gasteiger partial charge in [0.15, 0.2) is 5.78 Å². The molecular weight excluding hydrogens is 220 g/mol. The van der Waals surface area contributed by atoms with E-state index in [-0.39, 0.29) is 17.8 Å². The largest absolute Gasteiger partial charge is 0.464 e. The van der Waals surface area contributed by atoms with Crippen molar-refractivity contribution in [1.29, 1.82) is 0 Å². The van der Waals surface area contributed by atoms with Crippen molar-refractivity contribution in [3.8, 4) is 0 Å². The molecule has 90 valence electrons. The molecule has 0 aliphatic heterocycles. The Morgan fingerprint density at radius 1 is 1.24 bits per heavy atom. The second kappa shape index (κ2) is 5.81. The number of ether oxygens (including phenoxy) is 1. The van der Waals surface area contributed by atoms with Gasteiger partial charge >= 0.3 is 5.97 Å². The molecule has 1 rings (SSSR count). The van der Waals surface area contributed by atoms with Gasteiger partial charge < -0.3 is 16.2 Å². The van der Waals surface area contributed by atoms with Crippen LogP contribution in [0.1, 0.15) is 5.56 Å². The lowest BCUT2D eigenvalue weighted by atomic mass is 9.99. The van der Waals surface area contributed by atoms with Crippen LogP contribution in [0.3, 0.4) is 0 Å². The molecule has 0 radical (unpaired) electrons. The monoisotopic (exact) mass is 234 g/mol. The summed E-state index contributed by atoms with van der Waals surface area (Å²) in [4.78, 5) is 23.1. The molecule has 17 heavy (non-hydrogen) atoms. The van der Waals surface area contributed by atoms with Crippen molar-refractivity contribution in [3.05, 3.63) is 41.6 Å². The van der Waals surface area contributed by atoms with Gasteiger partial charge in [-0.15, -0.1) is 0 Å².